The zero-order valence-electron chi connectivity index (χ0n) is 8.38. The van der Waals surface area contributed by atoms with Crippen LogP contribution >= 0.6 is 0 Å². The van der Waals surface area contributed by atoms with Gasteiger partial charge >= 0.3 is 10.1 Å². The molecule has 0 bridgehead atoms. The molecule has 1 aliphatic rings. The molecular formula is C10H7NO5S. The Morgan fingerprint density at radius 3 is 2.12 bits per heavy atom. The monoisotopic (exact) mass is 253 g/mol. The molecule has 0 atom stereocenters. The Bertz CT molecular complexity index is 630. The molecule has 0 fully saturated rings. The highest BCUT2D eigenvalue weighted by molar-refractivity contribution is 7.91. The Morgan fingerprint density at radius 1 is 1.00 bits per heavy atom. The molecule has 1 aromatic carbocycles. The van der Waals surface area contributed by atoms with Gasteiger partial charge in [0.05, 0.1) is 5.57 Å². The van der Waals surface area contributed by atoms with Gasteiger partial charge in [0.1, 0.15) is 0 Å². The van der Waals surface area contributed by atoms with Gasteiger partial charge in [0.2, 0.25) is 0 Å². The number of hydrogen-bond acceptors (Lipinski definition) is 4. The lowest BCUT2D eigenvalue weighted by Gasteiger charge is -2.00. The summed E-state index contributed by atoms with van der Waals surface area (Å²) < 4.78 is 31.1. The van der Waals surface area contributed by atoms with Crippen LogP contribution in [-0.2, 0) is 19.7 Å². The van der Waals surface area contributed by atoms with E-state index in [1.807, 2.05) is 5.32 Å². The molecule has 2 amide bonds. The van der Waals surface area contributed by atoms with Crippen molar-refractivity contribution >= 4 is 27.5 Å². The van der Waals surface area contributed by atoms with Crippen molar-refractivity contribution in [3.8, 4) is 0 Å². The maximum absolute atomic E-state index is 11.5. The molecule has 88 valence electrons. The fraction of sp³-hybridized carbons (Fsp3) is 0. The first-order chi connectivity index (χ1) is 7.91. The molecular weight excluding hydrogens is 246 g/mol. The molecule has 0 saturated carbocycles. The SMILES string of the molecule is O=C1NC(=O)C(S(=O)(=O)O)=C1c1ccccc1. The van der Waals surface area contributed by atoms with Gasteiger partial charge < -0.3 is 0 Å². The van der Waals surface area contributed by atoms with Crippen molar-refractivity contribution in [3.63, 3.8) is 0 Å². The first-order valence-corrected chi connectivity index (χ1v) is 5.98. The molecule has 2 N–H and O–H groups in total. The summed E-state index contributed by atoms with van der Waals surface area (Å²) in [5, 5.41) is 1.83. The van der Waals surface area contributed by atoms with Crippen LogP contribution in [0.3, 0.4) is 0 Å². The van der Waals surface area contributed by atoms with Crippen molar-refractivity contribution in [1.82, 2.24) is 5.32 Å². The van der Waals surface area contributed by atoms with Crippen LogP contribution in [0.2, 0.25) is 0 Å². The van der Waals surface area contributed by atoms with Gasteiger partial charge in [-0.25, -0.2) is 0 Å². The van der Waals surface area contributed by atoms with Crippen LogP contribution in [0.4, 0.5) is 0 Å². The summed E-state index contributed by atoms with van der Waals surface area (Å²) >= 11 is 0. The molecule has 6 nitrogen and oxygen atoms in total. The largest absolute Gasteiger partial charge is 0.300 e. The molecule has 1 heterocycles. The number of amides is 2. The van der Waals surface area contributed by atoms with Gasteiger partial charge in [-0.05, 0) is 5.56 Å². The summed E-state index contributed by atoms with van der Waals surface area (Å²) in [5.74, 6) is -1.95. The van der Waals surface area contributed by atoms with E-state index in [9.17, 15) is 18.0 Å². The number of carbonyl (C=O) groups excluding carboxylic acids is 2. The third-order valence-electron chi connectivity index (χ3n) is 2.21. The summed E-state index contributed by atoms with van der Waals surface area (Å²) in [6, 6.07) is 7.78. The number of carbonyl (C=O) groups is 2. The van der Waals surface area contributed by atoms with Crippen molar-refractivity contribution < 1.29 is 22.6 Å². The molecule has 2 rings (SSSR count). The van der Waals surface area contributed by atoms with E-state index in [1.54, 1.807) is 18.2 Å². The predicted octanol–water partition coefficient (Wildman–Crippen LogP) is -0.0581. The lowest BCUT2D eigenvalue weighted by Crippen LogP contribution is -2.24. The highest BCUT2D eigenvalue weighted by Crippen LogP contribution is 2.26. The van der Waals surface area contributed by atoms with Crippen LogP contribution in [0.25, 0.3) is 5.57 Å². The van der Waals surface area contributed by atoms with Crippen LogP contribution in [0.15, 0.2) is 35.2 Å². The first-order valence-electron chi connectivity index (χ1n) is 4.54. The van der Waals surface area contributed by atoms with Crippen LogP contribution in [0.1, 0.15) is 5.56 Å². The molecule has 0 aliphatic carbocycles. The molecule has 0 radical (unpaired) electrons. The Hall–Kier alpha value is -1.99. The molecule has 0 aromatic heterocycles. The fourth-order valence-electron chi connectivity index (χ4n) is 1.55. The Balaban J connectivity index is 2.74. The van der Waals surface area contributed by atoms with Crippen LogP contribution in [-0.4, -0.2) is 24.8 Å². The number of hydrogen-bond donors (Lipinski definition) is 2. The highest BCUT2D eigenvalue weighted by Gasteiger charge is 2.38. The van der Waals surface area contributed by atoms with E-state index < -0.39 is 26.8 Å². The standard InChI is InChI=1S/C10H7NO5S/c12-9-7(6-4-2-1-3-5-6)8(10(13)11-9)17(14,15)16/h1-5H,(H,11,12,13)(H,14,15,16). The number of benzene rings is 1. The average Bonchev–Trinajstić information content (AvgIpc) is 2.54. The van der Waals surface area contributed by atoms with Crippen molar-refractivity contribution in [2.75, 3.05) is 0 Å². The predicted molar refractivity (Wildman–Crippen MR) is 58.1 cm³/mol. The zero-order valence-corrected chi connectivity index (χ0v) is 9.19. The molecule has 7 heteroatoms. The number of imide groups is 1. The summed E-state index contributed by atoms with van der Waals surface area (Å²) in [6.45, 7) is 0. The highest BCUT2D eigenvalue weighted by atomic mass is 32.2. The molecule has 0 spiro atoms. The van der Waals surface area contributed by atoms with Gasteiger partial charge in [0, 0.05) is 0 Å². The molecule has 1 aliphatic heterocycles. The third-order valence-corrected chi connectivity index (χ3v) is 3.11. The lowest BCUT2D eigenvalue weighted by atomic mass is 10.1. The molecule has 17 heavy (non-hydrogen) atoms. The summed E-state index contributed by atoms with van der Waals surface area (Å²) in [5.41, 5.74) is -0.0819. The van der Waals surface area contributed by atoms with E-state index in [4.69, 9.17) is 4.55 Å². The van der Waals surface area contributed by atoms with Crippen LogP contribution in [0.5, 0.6) is 0 Å². The van der Waals surface area contributed by atoms with Crippen molar-refractivity contribution in [2.45, 2.75) is 0 Å². The molecule has 0 saturated heterocycles. The number of rotatable bonds is 2. The second-order valence-corrected chi connectivity index (χ2v) is 4.69. The van der Waals surface area contributed by atoms with E-state index in [-0.39, 0.29) is 11.1 Å². The maximum atomic E-state index is 11.5. The van der Waals surface area contributed by atoms with Crippen molar-refractivity contribution in [3.05, 3.63) is 40.8 Å². The van der Waals surface area contributed by atoms with E-state index in [0.717, 1.165) is 0 Å². The Kier molecular flexibility index (Phi) is 2.56. The minimum Gasteiger partial charge on any atom is -0.287 e. The molecule has 0 unspecified atom stereocenters. The topological polar surface area (TPSA) is 101 Å². The summed E-state index contributed by atoms with van der Waals surface area (Å²) in [6.07, 6.45) is 0. The second-order valence-electron chi connectivity index (χ2n) is 3.33. The van der Waals surface area contributed by atoms with Gasteiger partial charge in [-0.2, -0.15) is 8.42 Å². The normalized spacial score (nSPS) is 16.3. The quantitative estimate of drug-likeness (QED) is 0.568. The zero-order chi connectivity index (χ0) is 12.6. The average molecular weight is 253 g/mol. The van der Waals surface area contributed by atoms with E-state index in [0.29, 0.717) is 0 Å². The van der Waals surface area contributed by atoms with E-state index in [1.165, 1.54) is 12.1 Å². The first kappa shape index (κ1) is 11.5. The summed E-state index contributed by atoms with van der Waals surface area (Å²) in [7, 11) is -4.74. The lowest BCUT2D eigenvalue weighted by molar-refractivity contribution is -0.123. The van der Waals surface area contributed by atoms with Crippen LogP contribution < -0.4 is 5.32 Å². The van der Waals surface area contributed by atoms with Gasteiger partial charge in [-0.1, -0.05) is 30.3 Å². The van der Waals surface area contributed by atoms with Crippen molar-refractivity contribution in [1.29, 1.82) is 0 Å². The van der Waals surface area contributed by atoms with Crippen molar-refractivity contribution in [2.24, 2.45) is 0 Å². The smallest absolute Gasteiger partial charge is 0.287 e. The summed E-state index contributed by atoms with van der Waals surface area (Å²) in [4.78, 5) is 21.9. The minimum atomic E-state index is -4.74. The Morgan fingerprint density at radius 2 is 1.59 bits per heavy atom. The maximum Gasteiger partial charge on any atom is 0.300 e. The molecule has 1 aromatic rings. The minimum absolute atomic E-state index is 0.253. The van der Waals surface area contributed by atoms with Gasteiger partial charge in [-0.3, -0.25) is 19.5 Å². The van der Waals surface area contributed by atoms with Crippen LogP contribution in [0, 0.1) is 0 Å². The van der Waals surface area contributed by atoms with Gasteiger partial charge in [-0.15, -0.1) is 0 Å². The number of nitrogens with one attached hydrogen (secondary N) is 1. The third kappa shape index (κ3) is 1.97. The van der Waals surface area contributed by atoms with E-state index in [2.05, 4.69) is 0 Å². The Labute approximate surface area is 96.7 Å². The van der Waals surface area contributed by atoms with Gasteiger partial charge in [0.15, 0.2) is 4.91 Å². The fourth-order valence-corrected chi connectivity index (χ4v) is 2.31. The van der Waals surface area contributed by atoms with Gasteiger partial charge in [0.25, 0.3) is 11.8 Å². The second kappa shape index (κ2) is 3.79. The van der Waals surface area contributed by atoms with E-state index >= 15 is 0 Å².